The van der Waals surface area contributed by atoms with Crippen LogP contribution in [0.15, 0.2) is 10.8 Å². The largest absolute Gasteiger partial charge is 0.461 e. The van der Waals surface area contributed by atoms with Gasteiger partial charge < -0.3 is 4.74 Å². The molecule has 0 unspecified atom stereocenters. The SMILES string of the molecule is CCOC(=O)c1nc2c([N+](=O)[O-])cnn2c(Br)c1CCBr. The molecule has 2 aromatic rings. The fourth-order valence-corrected chi connectivity index (χ4v) is 2.84. The highest BCUT2D eigenvalue weighted by molar-refractivity contribution is 9.10. The Morgan fingerprint density at radius 3 is 2.86 bits per heavy atom. The van der Waals surface area contributed by atoms with E-state index in [1.165, 1.54) is 4.52 Å². The number of ether oxygens (including phenoxy) is 1. The number of aromatic nitrogens is 3. The maximum Gasteiger partial charge on any atom is 0.357 e. The van der Waals surface area contributed by atoms with Crippen molar-refractivity contribution in [1.82, 2.24) is 14.6 Å². The molecule has 10 heteroatoms. The Morgan fingerprint density at radius 2 is 2.29 bits per heavy atom. The van der Waals surface area contributed by atoms with Gasteiger partial charge in [0.25, 0.3) is 0 Å². The number of hydrogen-bond acceptors (Lipinski definition) is 6. The van der Waals surface area contributed by atoms with Gasteiger partial charge in [0.1, 0.15) is 10.8 Å². The third-order valence-electron chi connectivity index (χ3n) is 2.67. The number of carbonyl (C=O) groups excluding carboxylic acids is 1. The van der Waals surface area contributed by atoms with Crippen LogP contribution in [0.5, 0.6) is 0 Å². The summed E-state index contributed by atoms with van der Waals surface area (Å²) in [6, 6.07) is 0. The molecule has 2 aromatic heterocycles. The molecular formula is C11H10Br2N4O4. The van der Waals surface area contributed by atoms with Crippen LogP contribution in [-0.2, 0) is 11.2 Å². The lowest BCUT2D eigenvalue weighted by molar-refractivity contribution is -0.383. The fourth-order valence-electron chi connectivity index (χ4n) is 1.79. The van der Waals surface area contributed by atoms with Gasteiger partial charge in [0, 0.05) is 10.9 Å². The Labute approximate surface area is 135 Å². The Kier molecular flexibility index (Phi) is 4.88. The molecule has 0 saturated carbocycles. The van der Waals surface area contributed by atoms with Crippen molar-refractivity contribution in [1.29, 1.82) is 0 Å². The van der Waals surface area contributed by atoms with E-state index in [9.17, 15) is 14.9 Å². The van der Waals surface area contributed by atoms with E-state index >= 15 is 0 Å². The highest BCUT2D eigenvalue weighted by atomic mass is 79.9. The highest BCUT2D eigenvalue weighted by Crippen LogP contribution is 2.27. The van der Waals surface area contributed by atoms with Crippen LogP contribution in [0.1, 0.15) is 23.0 Å². The molecule has 0 aromatic carbocycles. The van der Waals surface area contributed by atoms with Crippen molar-refractivity contribution in [2.45, 2.75) is 13.3 Å². The fraction of sp³-hybridized carbons (Fsp3) is 0.364. The van der Waals surface area contributed by atoms with Gasteiger partial charge in [0.15, 0.2) is 5.69 Å². The lowest BCUT2D eigenvalue weighted by atomic mass is 10.2. The summed E-state index contributed by atoms with van der Waals surface area (Å²) in [4.78, 5) is 26.5. The van der Waals surface area contributed by atoms with E-state index in [0.29, 0.717) is 21.9 Å². The number of hydrogen-bond donors (Lipinski definition) is 0. The first kappa shape index (κ1) is 15.8. The number of fused-ring (bicyclic) bond motifs is 1. The normalized spacial score (nSPS) is 10.8. The van der Waals surface area contributed by atoms with Crippen LogP contribution >= 0.6 is 31.9 Å². The summed E-state index contributed by atoms with van der Waals surface area (Å²) < 4.78 is 6.70. The molecular weight excluding hydrogens is 412 g/mol. The van der Waals surface area contributed by atoms with Gasteiger partial charge in [0.05, 0.1) is 11.5 Å². The summed E-state index contributed by atoms with van der Waals surface area (Å²) in [6.45, 7) is 1.87. The second kappa shape index (κ2) is 6.48. The molecule has 0 N–H and O–H groups in total. The molecule has 8 nitrogen and oxygen atoms in total. The summed E-state index contributed by atoms with van der Waals surface area (Å²) in [5.41, 5.74) is 0.356. The molecule has 112 valence electrons. The minimum absolute atomic E-state index is 0.00625. The van der Waals surface area contributed by atoms with Crippen LogP contribution in [0.3, 0.4) is 0 Å². The first-order valence-electron chi connectivity index (χ1n) is 5.94. The van der Waals surface area contributed by atoms with Crippen LogP contribution in [0.4, 0.5) is 5.69 Å². The van der Waals surface area contributed by atoms with Gasteiger partial charge in [-0.05, 0) is 29.3 Å². The summed E-state index contributed by atoms with van der Waals surface area (Å²) in [6.07, 6.45) is 1.59. The molecule has 0 atom stereocenters. The monoisotopic (exact) mass is 420 g/mol. The molecule has 0 aliphatic heterocycles. The van der Waals surface area contributed by atoms with E-state index < -0.39 is 10.9 Å². The van der Waals surface area contributed by atoms with Crippen molar-refractivity contribution >= 4 is 49.2 Å². The zero-order chi connectivity index (χ0) is 15.6. The minimum Gasteiger partial charge on any atom is -0.461 e. The molecule has 0 bridgehead atoms. The van der Waals surface area contributed by atoms with Crippen molar-refractivity contribution in [3.63, 3.8) is 0 Å². The number of carbonyl (C=O) groups is 1. The van der Waals surface area contributed by atoms with Gasteiger partial charge in [-0.3, -0.25) is 10.1 Å². The molecule has 2 rings (SSSR count). The predicted molar refractivity (Wildman–Crippen MR) is 80.8 cm³/mol. The first-order chi connectivity index (χ1) is 10.0. The molecule has 0 aliphatic carbocycles. The van der Waals surface area contributed by atoms with E-state index in [-0.39, 0.29) is 23.6 Å². The van der Waals surface area contributed by atoms with Crippen molar-refractivity contribution in [3.8, 4) is 0 Å². The van der Waals surface area contributed by atoms with Crippen molar-refractivity contribution in [2.24, 2.45) is 0 Å². The van der Waals surface area contributed by atoms with Gasteiger partial charge in [-0.2, -0.15) is 5.10 Å². The van der Waals surface area contributed by atoms with Gasteiger partial charge in [-0.15, -0.1) is 0 Å². The summed E-state index contributed by atoms with van der Waals surface area (Å²) in [5, 5.41) is 15.5. The summed E-state index contributed by atoms with van der Waals surface area (Å²) in [5.74, 6) is -0.618. The third-order valence-corrected chi connectivity index (χ3v) is 3.88. The molecule has 0 spiro atoms. The average Bonchev–Trinajstić information content (AvgIpc) is 2.86. The maximum atomic E-state index is 12.0. The van der Waals surface area contributed by atoms with Gasteiger partial charge in [0.2, 0.25) is 5.65 Å². The van der Waals surface area contributed by atoms with E-state index in [1.807, 2.05) is 0 Å². The minimum atomic E-state index is -0.618. The standard InChI is InChI=1S/C11H10Br2N4O4/c1-2-21-11(18)8-6(3-4-12)9(13)16-10(15-8)7(5-14-16)17(19)20/h5H,2-4H2,1H3. The van der Waals surface area contributed by atoms with Gasteiger partial charge >= 0.3 is 11.7 Å². The average molecular weight is 422 g/mol. The van der Waals surface area contributed by atoms with E-state index in [0.717, 1.165) is 6.20 Å². The second-order valence-corrected chi connectivity index (χ2v) is 5.46. The second-order valence-electron chi connectivity index (χ2n) is 3.91. The van der Waals surface area contributed by atoms with Crippen LogP contribution in [0, 0.1) is 10.1 Å². The summed E-state index contributed by atoms with van der Waals surface area (Å²) in [7, 11) is 0. The van der Waals surface area contributed by atoms with Crippen LogP contribution in [0.2, 0.25) is 0 Å². The molecule has 0 amide bonds. The molecule has 21 heavy (non-hydrogen) atoms. The number of esters is 1. The Balaban J connectivity index is 2.73. The lowest BCUT2D eigenvalue weighted by Gasteiger charge is -2.10. The van der Waals surface area contributed by atoms with E-state index in [1.54, 1.807) is 6.92 Å². The lowest BCUT2D eigenvalue weighted by Crippen LogP contribution is -2.14. The van der Waals surface area contributed by atoms with Crippen LogP contribution in [-0.4, -0.2) is 37.4 Å². The number of rotatable bonds is 5. The molecule has 0 radical (unpaired) electrons. The molecule has 2 heterocycles. The topological polar surface area (TPSA) is 99.6 Å². The number of nitro groups is 1. The van der Waals surface area contributed by atoms with Crippen molar-refractivity contribution < 1.29 is 14.5 Å². The van der Waals surface area contributed by atoms with E-state index in [2.05, 4.69) is 41.9 Å². The third kappa shape index (κ3) is 2.91. The molecule has 0 saturated heterocycles. The van der Waals surface area contributed by atoms with Crippen LogP contribution < -0.4 is 0 Å². The van der Waals surface area contributed by atoms with Crippen molar-refractivity contribution in [2.75, 3.05) is 11.9 Å². The van der Waals surface area contributed by atoms with Crippen molar-refractivity contribution in [3.05, 3.63) is 32.2 Å². The molecule has 0 fully saturated rings. The zero-order valence-corrected chi connectivity index (χ0v) is 14.0. The smallest absolute Gasteiger partial charge is 0.357 e. The Morgan fingerprint density at radius 1 is 1.57 bits per heavy atom. The number of nitrogens with zero attached hydrogens (tertiary/aromatic N) is 4. The van der Waals surface area contributed by atoms with Crippen LogP contribution in [0.25, 0.3) is 5.65 Å². The summed E-state index contributed by atoms with van der Waals surface area (Å²) >= 11 is 6.62. The Hall–Kier alpha value is -1.55. The zero-order valence-electron chi connectivity index (χ0n) is 10.9. The number of halogens is 2. The highest BCUT2D eigenvalue weighted by Gasteiger charge is 2.25. The Bertz CT molecular complexity index is 716. The first-order valence-corrected chi connectivity index (χ1v) is 7.86. The number of alkyl halides is 1. The quantitative estimate of drug-likeness (QED) is 0.242. The molecule has 0 aliphatic rings. The maximum absolute atomic E-state index is 12.0. The van der Waals surface area contributed by atoms with Gasteiger partial charge in [-0.1, -0.05) is 15.9 Å². The van der Waals surface area contributed by atoms with Gasteiger partial charge in [-0.25, -0.2) is 14.3 Å². The predicted octanol–water partition coefficient (Wildman–Crippen LogP) is 2.51. The van der Waals surface area contributed by atoms with E-state index in [4.69, 9.17) is 4.74 Å².